The van der Waals surface area contributed by atoms with E-state index in [0.29, 0.717) is 17.8 Å². The van der Waals surface area contributed by atoms with Crippen molar-refractivity contribution < 1.29 is 22.7 Å². The maximum Gasteiger partial charge on any atom is 0.411 e. The minimum Gasteiger partial charge on any atom is -0.385 e. The number of anilines is 1. The van der Waals surface area contributed by atoms with Gasteiger partial charge in [0.15, 0.2) is 0 Å². The van der Waals surface area contributed by atoms with Gasteiger partial charge in [0.2, 0.25) is 0 Å². The van der Waals surface area contributed by atoms with E-state index in [1.54, 1.807) is 24.3 Å². The third-order valence-corrected chi connectivity index (χ3v) is 2.34. The van der Waals surface area contributed by atoms with Gasteiger partial charge in [-0.15, -0.1) is 0 Å². The molecule has 0 heterocycles. The maximum absolute atomic E-state index is 11.9. The first kappa shape index (κ1) is 16.3. The Kier molecular flexibility index (Phi) is 6.30. The van der Waals surface area contributed by atoms with E-state index >= 15 is 0 Å². The van der Waals surface area contributed by atoms with Crippen LogP contribution in [0.25, 0.3) is 0 Å². The molecule has 0 unspecified atom stereocenters. The zero-order valence-corrected chi connectivity index (χ0v) is 11.1. The molecule has 1 aromatic rings. The molecule has 4 nitrogen and oxygen atoms in total. The molecule has 2 N–H and O–H groups in total. The SMILES string of the molecule is CCNc1ccccc1C(=O)NCCOCC(F)(F)F. The normalized spacial score (nSPS) is 11.2. The Morgan fingerprint density at radius 3 is 2.65 bits per heavy atom. The average molecular weight is 290 g/mol. The third kappa shape index (κ3) is 5.92. The highest BCUT2D eigenvalue weighted by Gasteiger charge is 2.27. The number of hydrogen-bond acceptors (Lipinski definition) is 3. The van der Waals surface area contributed by atoms with Crippen LogP contribution in [0.2, 0.25) is 0 Å². The fourth-order valence-electron chi connectivity index (χ4n) is 1.55. The molecule has 112 valence electrons. The molecule has 0 radical (unpaired) electrons. The highest BCUT2D eigenvalue weighted by molar-refractivity contribution is 5.99. The minimum atomic E-state index is -4.35. The van der Waals surface area contributed by atoms with Crippen molar-refractivity contribution in [1.82, 2.24) is 5.32 Å². The van der Waals surface area contributed by atoms with Crippen molar-refractivity contribution in [1.29, 1.82) is 0 Å². The number of rotatable bonds is 7. The van der Waals surface area contributed by atoms with E-state index in [1.807, 2.05) is 6.92 Å². The lowest BCUT2D eigenvalue weighted by Crippen LogP contribution is -2.29. The van der Waals surface area contributed by atoms with Crippen LogP contribution in [0.4, 0.5) is 18.9 Å². The number of alkyl halides is 3. The summed E-state index contributed by atoms with van der Waals surface area (Å²) >= 11 is 0. The van der Waals surface area contributed by atoms with Crippen molar-refractivity contribution in [3.8, 4) is 0 Å². The van der Waals surface area contributed by atoms with Crippen LogP contribution in [-0.2, 0) is 4.74 Å². The number of nitrogens with one attached hydrogen (secondary N) is 2. The van der Waals surface area contributed by atoms with Gasteiger partial charge in [0, 0.05) is 18.8 Å². The first-order valence-electron chi connectivity index (χ1n) is 6.19. The minimum absolute atomic E-state index is 0.0232. The second kappa shape index (κ2) is 7.74. The second-order valence-electron chi connectivity index (χ2n) is 4.00. The molecule has 0 bridgehead atoms. The Morgan fingerprint density at radius 1 is 1.30 bits per heavy atom. The Morgan fingerprint density at radius 2 is 2.00 bits per heavy atom. The fourth-order valence-corrected chi connectivity index (χ4v) is 1.55. The summed E-state index contributed by atoms with van der Waals surface area (Å²) in [4.78, 5) is 11.9. The van der Waals surface area contributed by atoms with Gasteiger partial charge in [0.05, 0.1) is 12.2 Å². The van der Waals surface area contributed by atoms with Crippen LogP contribution >= 0.6 is 0 Å². The van der Waals surface area contributed by atoms with Crippen molar-refractivity contribution >= 4 is 11.6 Å². The topological polar surface area (TPSA) is 50.4 Å². The highest BCUT2D eigenvalue weighted by atomic mass is 19.4. The summed E-state index contributed by atoms with van der Waals surface area (Å²) in [6, 6.07) is 6.92. The van der Waals surface area contributed by atoms with Crippen LogP contribution < -0.4 is 10.6 Å². The molecule has 1 amide bonds. The lowest BCUT2D eigenvalue weighted by atomic mass is 10.1. The van der Waals surface area contributed by atoms with Crippen molar-refractivity contribution in [2.75, 3.05) is 31.6 Å². The molecular weight excluding hydrogens is 273 g/mol. The molecule has 0 fully saturated rings. The van der Waals surface area contributed by atoms with Gasteiger partial charge in [-0.25, -0.2) is 0 Å². The van der Waals surface area contributed by atoms with E-state index in [0.717, 1.165) is 0 Å². The number of hydrogen-bond donors (Lipinski definition) is 2. The zero-order valence-electron chi connectivity index (χ0n) is 11.1. The summed E-state index contributed by atoms with van der Waals surface area (Å²) in [5.41, 5.74) is 1.13. The summed E-state index contributed by atoms with van der Waals surface area (Å²) in [6.07, 6.45) is -4.35. The number of carbonyl (C=O) groups is 1. The van der Waals surface area contributed by atoms with Crippen molar-refractivity contribution in [2.45, 2.75) is 13.1 Å². The summed E-state index contributed by atoms with van der Waals surface area (Å²) in [5, 5.41) is 5.55. The Balaban J connectivity index is 2.40. The number of halogens is 3. The number of amides is 1. The summed E-state index contributed by atoms with van der Waals surface area (Å²) < 4.78 is 39.9. The van der Waals surface area contributed by atoms with Gasteiger partial charge >= 0.3 is 6.18 Å². The third-order valence-electron chi connectivity index (χ3n) is 2.34. The number of ether oxygens (including phenoxy) is 1. The van der Waals surface area contributed by atoms with Crippen molar-refractivity contribution in [3.05, 3.63) is 29.8 Å². The zero-order chi connectivity index (χ0) is 15.0. The van der Waals surface area contributed by atoms with Crippen LogP contribution in [0.1, 0.15) is 17.3 Å². The molecule has 0 aliphatic heterocycles. The van der Waals surface area contributed by atoms with E-state index < -0.39 is 12.8 Å². The molecule has 1 aromatic carbocycles. The summed E-state index contributed by atoms with van der Waals surface area (Å²) in [6.45, 7) is 1.10. The molecule has 0 atom stereocenters. The average Bonchev–Trinajstić information content (AvgIpc) is 2.38. The van der Waals surface area contributed by atoms with Gasteiger partial charge in [0.1, 0.15) is 6.61 Å². The molecule has 1 rings (SSSR count). The predicted molar refractivity (Wildman–Crippen MR) is 69.8 cm³/mol. The molecule has 7 heteroatoms. The summed E-state index contributed by atoms with van der Waals surface area (Å²) in [7, 11) is 0. The predicted octanol–water partition coefficient (Wildman–Crippen LogP) is 2.43. The number of carbonyl (C=O) groups excluding carboxylic acids is 1. The lowest BCUT2D eigenvalue weighted by Gasteiger charge is -2.11. The van der Waals surface area contributed by atoms with Gasteiger partial charge in [0.25, 0.3) is 5.91 Å². The van der Waals surface area contributed by atoms with E-state index in [-0.39, 0.29) is 19.1 Å². The van der Waals surface area contributed by atoms with Gasteiger partial charge in [-0.2, -0.15) is 13.2 Å². The van der Waals surface area contributed by atoms with Crippen LogP contribution in [0.5, 0.6) is 0 Å². The van der Waals surface area contributed by atoms with Crippen LogP contribution in [0, 0.1) is 0 Å². The van der Waals surface area contributed by atoms with Gasteiger partial charge in [-0.3, -0.25) is 4.79 Å². The maximum atomic E-state index is 11.9. The van der Waals surface area contributed by atoms with Crippen LogP contribution in [-0.4, -0.2) is 38.4 Å². The van der Waals surface area contributed by atoms with E-state index in [2.05, 4.69) is 15.4 Å². The smallest absolute Gasteiger partial charge is 0.385 e. The van der Waals surface area contributed by atoms with Crippen LogP contribution in [0.15, 0.2) is 24.3 Å². The number of benzene rings is 1. The van der Waals surface area contributed by atoms with Gasteiger partial charge < -0.3 is 15.4 Å². The first-order chi connectivity index (χ1) is 9.44. The fraction of sp³-hybridized carbons (Fsp3) is 0.462. The monoisotopic (exact) mass is 290 g/mol. The quantitative estimate of drug-likeness (QED) is 0.758. The van der Waals surface area contributed by atoms with E-state index in [4.69, 9.17) is 0 Å². The standard InChI is InChI=1S/C13H17F3N2O2/c1-2-17-11-6-4-3-5-10(11)12(19)18-7-8-20-9-13(14,15)16/h3-6,17H,2,7-9H2,1H3,(H,18,19). The summed E-state index contributed by atoms with van der Waals surface area (Å²) in [5.74, 6) is -0.350. The molecule has 20 heavy (non-hydrogen) atoms. The molecule has 0 spiro atoms. The molecule has 0 saturated carbocycles. The van der Waals surface area contributed by atoms with Crippen molar-refractivity contribution in [2.24, 2.45) is 0 Å². The van der Waals surface area contributed by atoms with Gasteiger partial charge in [-0.1, -0.05) is 12.1 Å². The van der Waals surface area contributed by atoms with E-state index in [9.17, 15) is 18.0 Å². The highest BCUT2D eigenvalue weighted by Crippen LogP contribution is 2.15. The van der Waals surface area contributed by atoms with Gasteiger partial charge in [-0.05, 0) is 19.1 Å². The van der Waals surface area contributed by atoms with E-state index in [1.165, 1.54) is 0 Å². The Hall–Kier alpha value is -1.76. The Bertz CT molecular complexity index is 436. The molecule has 0 aliphatic carbocycles. The first-order valence-corrected chi connectivity index (χ1v) is 6.19. The molecule has 0 aliphatic rings. The lowest BCUT2D eigenvalue weighted by molar-refractivity contribution is -0.173. The Labute approximate surface area is 115 Å². The molecule has 0 saturated heterocycles. The molecular formula is C13H17F3N2O2. The number of para-hydroxylation sites is 1. The molecule has 0 aromatic heterocycles. The van der Waals surface area contributed by atoms with Crippen molar-refractivity contribution in [3.63, 3.8) is 0 Å². The van der Waals surface area contributed by atoms with Crippen LogP contribution in [0.3, 0.4) is 0 Å². The second-order valence-corrected chi connectivity index (χ2v) is 4.00. The largest absolute Gasteiger partial charge is 0.411 e.